The summed E-state index contributed by atoms with van der Waals surface area (Å²) < 4.78 is 0. The number of amides is 2. The monoisotopic (exact) mass is 436 g/mol. The third-order valence-electron chi connectivity index (χ3n) is 5.89. The Morgan fingerprint density at radius 3 is 2.90 bits per heavy atom. The molecule has 2 aliphatic rings. The van der Waals surface area contributed by atoms with Crippen molar-refractivity contribution in [1.29, 1.82) is 0 Å². The number of thioether (sulfide) groups is 1. The van der Waals surface area contributed by atoms with Gasteiger partial charge in [0.05, 0.1) is 30.2 Å². The Morgan fingerprint density at radius 1 is 1.26 bits per heavy atom. The second kappa shape index (κ2) is 10.2. The van der Waals surface area contributed by atoms with Crippen LogP contribution in [0.25, 0.3) is 6.08 Å². The highest BCUT2D eigenvalue weighted by Gasteiger charge is 2.22. The van der Waals surface area contributed by atoms with Crippen molar-refractivity contribution in [3.8, 4) is 0 Å². The van der Waals surface area contributed by atoms with E-state index in [1.807, 2.05) is 48.5 Å². The minimum atomic E-state index is -0.141. The summed E-state index contributed by atoms with van der Waals surface area (Å²) in [4.78, 5) is 28.3. The number of anilines is 1. The molecular formula is C25H30N3O2S+. The van der Waals surface area contributed by atoms with Gasteiger partial charge < -0.3 is 15.5 Å². The van der Waals surface area contributed by atoms with Crippen LogP contribution >= 0.6 is 11.8 Å². The summed E-state index contributed by atoms with van der Waals surface area (Å²) in [7, 11) is 0. The Balaban J connectivity index is 1.32. The second-order valence-corrected chi connectivity index (χ2v) is 9.58. The van der Waals surface area contributed by atoms with Crippen LogP contribution in [0, 0.1) is 5.92 Å². The molecule has 2 unspecified atom stereocenters. The van der Waals surface area contributed by atoms with Gasteiger partial charge in [0, 0.05) is 29.3 Å². The van der Waals surface area contributed by atoms with Gasteiger partial charge in [0.15, 0.2) is 0 Å². The zero-order valence-corrected chi connectivity index (χ0v) is 18.8. The van der Waals surface area contributed by atoms with E-state index in [0.29, 0.717) is 22.7 Å². The number of piperidine rings is 1. The van der Waals surface area contributed by atoms with Gasteiger partial charge in [-0.15, -0.1) is 0 Å². The Morgan fingerprint density at radius 2 is 2.10 bits per heavy atom. The molecule has 1 fully saturated rings. The van der Waals surface area contributed by atoms with Crippen molar-refractivity contribution in [3.63, 3.8) is 0 Å². The minimum Gasteiger partial charge on any atom is -0.352 e. The molecule has 3 N–H and O–H groups in total. The molecule has 31 heavy (non-hydrogen) atoms. The van der Waals surface area contributed by atoms with Crippen LogP contribution in [0.2, 0.25) is 0 Å². The molecule has 0 radical (unpaired) electrons. The molecule has 0 aromatic heterocycles. The lowest BCUT2D eigenvalue weighted by Gasteiger charge is -2.27. The number of quaternary nitrogens is 1. The van der Waals surface area contributed by atoms with Crippen LogP contribution in [-0.4, -0.2) is 38.0 Å². The van der Waals surface area contributed by atoms with Crippen molar-refractivity contribution in [2.24, 2.45) is 5.92 Å². The van der Waals surface area contributed by atoms with Crippen LogP contribution < -0.4 is 15.5 Å². The zero-order chi connectivity index (χ0) is 21.6. The third-order valence-corrected chi connectivity index (χ3v) is 6.99. The first-order chi connectivity index (χ1) is 15.1. The fraction of sp³-hybridized carbons (Fsp3) is 0.360. The minimum absolute atomic E-state index is 0.0883. The summed E-state index contributed by atoms with van der Waals surface area (Å²) >= 11 is 1.43. The Labute approximate surface area is 188 Å². The molecule has 2 amide bonds. The number of carbonyl (C=O) groups excluding carboxylic acids is 2. The predicted octanol–water partition coefficient (Wildman–Crippen LogP) is 3.21. The van der Waals surface area contributed by atoms with E-state index in [0.717, 1.165) is 29.3 Å². The van der Waals surface area contributed by atoms with E-state index < -0.39 is 0 Å². The molecule has 162 valence electrons. The van der Waals surface area contributed by atoms with Crippen molar-refractivity contribution in [3.05, 3.63) is 64.6 Å². The standard InChI is InChI=1S/C25H29N3O2S/c1-18-7-5-13-28(17-18)14-6-12-26-24(29)20-10-11-22-21(16-20)27-25(30)23(31-22)15-19-8-3-2-4-9-19/h2-4,8-11,15-16,18H,5-7,12-14,17H2,1H3,(H,26,29)(H,27,30)/p+1. The van der Waals surface area contributed by atoms with Gasteiger partial charge in [-0.25, -0.2) is 0 Å². The Hall–Kier alpha value is -2.57. The van der Waals surface area contributed by atoms with Gasteiger partial charge in [-0.2, -0.15) is 0 Å². The molecule has 0 bridgehead atoms. The number of hydrogen-bond donors (Lipinski definition) is 3. The number of hydrogen-bond acceptors (Lipinski definition) is 3. The summed E-state index contributed by atoms with van der Waals surface area (Å²) in [6, 6.07) is 15.3. The molecule has 0 spiro atoms. The first-order valence-corrected chi connectivity index (χ1v) is 11.9. The van der Waals surface area contributed by atoms with Gasteiger partial charge in [-0.1, -0.05) is 49.0 Å². The number of likely N-dealkylation sites (tertiary alicyclic amines) is 1. The molecule has 1 saturated heterocycles. The fourth-order valence-electron chi connectivity index (χ4n) is 4.27. The van der Waals surface area contributed by atoms with E-state index in [2.05, 4.69) is 17.6 Å². The average molecular weight is 437 g/mol. The van der Waals surface area contributed by atoms with Crippen LogP contribution in [0.4, 0.5) is 5.69 Å². The molecule has 0 saturated carbocycles. The highest BCUT2D eigenvalue weighted by molar-refractivity contribution is 8.04. The lowest BCUT2D eigenvalue weighted by Crippen LogP contribution is -3.13. The van der Waals surface area contributed by atoms with Gasteiger partial charge in [-0.05, 0) is 42.7 Å². The van der Waals surface area contributed by atoms with E-state index in [-0.39, 0.29) is 11.8 Å². The van der Waals surface area contributed by atoms with E-state index in [4.69, 9.17) is 0 Å². The maximum atomic E-state index is 12.6. The van der Waals surface area contributed by atoms with Gasteiger partial charge in [0.2, 0.25) is 0 Å². The number of carbonyl (C=O) groups is 2. The first-order valence-electron chi connectivity index (χ1n) is 11.1. The number of benzene rings is 2. The van der Waals surface area contributed by atoms with Crippen LogP contribution in [0.5, 0.6) is 0 Å². The Bertz CT molecular complexity index is 974. The summed E-state index contributed by atoms with van der Waals surface area (Å²) in [5.74, 6) is 0.581. The fourth-order valence-corrected chi connectivity index (χ4v) is 5.20. The summed E-state index contributed by atoms with van der Waals surface area (Å²) in [5, 5.41) is 5.95. The van der Waals surface area contributed by atoms with Crippen molar-refractivity contribution in [1.82, 2.24) is 5.32 Å². The largest absolute Gasteiger partial charge is 0.352 e. The topological polar surface area (TPSA) is 62.6 Å². The van der Waals surface area contributed by atoms with Crippen LogP contribution in [-0.2, 0) is 4.79 Å². The zero-order valence-electron chi connectivity index (χ0n) is 17.9. The smallest absolute Gasteiger partial charge is 0.262 e. The molecule has 2 aromatic rings. The van der Waals surface area contributed by atoms with Gasteiger partial charge in [-0.3, -0.25) is 9.59 Å². The van der Waals surface area contributed by atoms with E-state index in [1.54, 1.807) is 11.0 Å². The highest BCUT2D eigenvalue weighted by atomic mass is 32.2. The molecule has 2 atom stereocenters. The molecule has 6 heteroatoms. The second-order valence-electron chi connectivity index (χ2n) is 8.50. The van der Waals surface area contributed by atoms with E-state index in [1.165, 1.54) is 37.7 Å². The highest BCUT2D eigenvalue weighted by Crippen LogP contribution is 2.39. The maximum absolute atomic E-state index is 12.6. The lowest BCUT2D eigenvalue weighted by atomic mass is 10.0. The van der Waals surface area contributed by atoms with Gasteiger partial charge in [0.25, 0.3) is 11.8 Å². The van der Waals surface area contributed by atoms with Crippen molar-refractivity contribution >= 4 is 35.3 Å². The summed E-state index contributed by atoms with van der Waals surface area (Å²) in [5.41, 5.74) is 2.26. The Kier molecular flexibility index (Phi) is 7.10. The van der Waals surface area contributed by atoms with Crippen molar-refractivity contribution in [2.45, 2.75) is 31.1 Å². The summed E-state index contributed by atoms with van der Waals surface area (Å²) in [6.45, 7) is 6.61. The SMILES string of the molecule is CC1CCC[NH+](CCCNC(=O)c2ccc3c(c2)NC(=O)C(=Cc2ccccc2)S3)C1. The van der Waals surface area contributed by atoms with Crippen LogP contribution in [0.15, 0.2) is 58.3 Å². The van der Waals surface area contributed by atoms with Crippen LogP contribution in [0.1, 0.15) is 42.1 Å². The van der Waals surface area contributed by atoms with E-state index >= 15 is 0 Å². The normalized spacial score (nSPS) is 22.0. The molecule has 2 aliphatic heterocycles. The molecule has 0 aliphatic carbocycles. The molecule has 5 nitrogen and oxygen atoms in total. The molecule has 2 heterocycles. The molecular weight excluding hydrogens is 406 g/mol. The average Bonchev–Trinajstić information content (AvgIpc) is 2.77. The quantitative estimate of drug-likeness (QED) is 0.481. The van der Waals surface area contributed by atoms with Crippen LogP contribution in [0.3, 0.4) is 0 Å². The van der Waals surface area contributed by atoms with E-state index in [9.17, 15) is 9.59 Å². The van der Waals surface area contributed by atoms with Crippen molar-refractivity contribution in [2.75, 3.05) is 31.5 Å². The number of fused-ring (bicyclic) bond motifs is 1. The predicted molar refractivity (Wildman–Crippen MR) is 126 cm³/mol. The number of rotatable bonds is 6. The summed E-state index contributed by atoms with van der Waals surface area (Å²) in [6.07, 6.45) is 5.52. The third kappa shape index (κ3) is 5.77. The van der Waals surface area contributed by atoms with Gasteiger partial charge in [0.1, 0.15) is 0 Å². The first kappa shape index (κ1) is 21.7. The van der Waals surface area contributed by atoms with Crippen molar-refractivity contribution < 1.29 is 14.5 Å². The number of nitrogens with one attached hydrogen (secondary N) is 3. The molecule has 2 aromatic carbocycles. The molecule has 4 rings (SSSR count). The maximum Gasteiger partial charge on any atom is 0.262 e. The lowest BCUT2D eigenvalue weighted by molar-refractivity contribution is -0.908. The van der Waals surface area contributed by atoms with Gasteiger partial charge >= 0.3 is 0 Å².